The number of carbonyl (C=O) groups is 1. The van der Waals surface area contributed by atoms with E-state index in [1.807, 2.05) is 6.07 Å². The van der Waals surface area contributed by atoms with Gasteiger partial charge in [0.25, 0.3) is 5.91 Å². The van der Waals surface area contributed by atoms with E-state index in [4.69, 9.17) is 4.74 Å². The van der Waals surface area contributed by atoms with Crippen molar-refractivity contribution in [2.24, 2.45) is 11.3 Å². The molecule has 0 aromatic carbocycles. The molecule has 1 saturated carbocycles. The Balaban J connectivity index is 2.06. The molecule has 1 amide bonds. The van der Waals surface area contributed by atoms with Crippen molar-refractivity contribution >= 4 is 11.7 Å². The minimum Gasteiger partial charge on any atom is -0.494 e. The Hall–Kier alpha value is -1.78. The summed E-state index contributed by atoms with van der Waals surface area (Å²) in [5, 5.41) is 6.19. The molecule has 21 heavy (non-hydrogen) atoms. The second kappa shape index (κ2) is 6.33. The highest BCUT2D eigenvalue weighted by Gasteiger charge is 2.22. The number of nitrogens with one attached hydrogen (secondary N) is 2. The third-order valence-corrected chi connectivity index (χ3v) is 3.34. The van der Waals surface area contributed by atoms with Crippen LogP contribution in [0.1, 0.15) is 44.1 Å². The van der Waals surface area contributed by atoms with E-state index in [2.05, 4.69) is 36.4 Å². The van der Waals surface area contributed by atoms with Gasteiger partial charge in [-0.1, -0.05) is 20.8 Å². The Bertz CT molecular complexity index is 505. The zero-order chi connectivity index (χ0) is 15.5. The minimum atomic E-state index is -0.197. The SMILES string of the molecule is COc1ccc(NCC2CC2)nc1C(=O)NCC(C)(C)C. The number of hydrogen-bond acceptors (Lipinski definition) is 4. The van der Waals surface area contributed by atoms with Crippen LogP contribution >= 0.6 is 0 Å². The van der Waals surface area contributed by atoms with E-state index in [1.165, 1.54) is 12.8 Å². The first-order valence-electron chi connectivity index (χ1n) is 7.46. The van der Waals surface area contributed by atoms with Crippen molar-refractivity contribution in [1.82, 2.24) is 10.3 Å². The first-order chi connectivity index (χ1) is 9.89. The molecule has 2 N–H and O–H groups in total. The average Bonchev–Trinajstić information content (AvgIpc) is 3.25. The molecule has 0 saturated heterocycles. The lowest BCUT2D eigenvalue weighted by Crippen LogP contribution is -2.33. The van der Waals surface area contributed by atoms with Crippen LogP contribution in [-0.2, 0) is 0 Å². The standard InChI is InChI=1S/C16H25N3O2/c1-16(2,3)10-18-15(20)14-12(21-4)7-8-13(19-14)17-9-11-5-6-11/h7-8,11H,5-6,9-10H2,1-4H3,(H,17,19)(H,18,20). The molecule has 0 unspecified atom stereocenters. The summed E-state index contributed by atoms with van der Waals surface area (Å²) in [6.45, 7) is 7.74. The number of ether oxygens (including phenoxy) is 1. The Morgan fingerprint density at radius 2 is 2.10 bits per heavy atom. The van der Waals surface area contributed by atoms with Gasteiger partial charge in [0.15, 0.2) is 5.69 Å². The molecule has 1 aliphatic rings. The van der Waals surface area contributed by atoms with Crippen LogP contribution in [0.25, 0.3) is 0 Å². The number of carbonyl (C=O) groups excluding carboxylic acids is 1. The second-order valence-corrected chi connectivity index (χ2v) is 6.81. The zero-order valence-corrected chi connectivity index (χ0v) is 13.3. The number of aromatic nitrogens is 1. The fraction of sp³-hybridized carbons (Fsp3) is 0.625. The van der Waals surface area contributed by atoms with Crippen molar-refractivity contribution in [2.45, 2.75) is 33.6 Å². The highest BCUT2D eigenvalue weighted by atomic mass is 16.5. The summed E-state index contributed by atoms with van der Waals surface area (Å²) in [6, 6.07) is 3.63. The molecule has 0 aliphatic heterocycles. The molecule has 5 heteroatoms. The summed E-state index contributed by atoms with van der Waals surface area (Å²) < 4.78 is 5.24. The van der Waals surface area contributed by atoms with Crippen LogP contribution in [0, 0.1) is 11.3 Å². The molecule has 5 nitrogen and oxygen atoms in total. The van der Waals surface area contributed by atoms with Crippen molar-refractivity contribution < 1.29 is 9.53 Å². The third kappa shape index (κ3) is 4.92. The van der Waals surface area contributed by atoms with Gasteiger partial charge in [0, 0.05) is 13.1 Å². The molecular formula is C16H25N3O2. The Labute approximate surface area is 126 Å². The maximum atomic E-state index is 12.3. The molecule has 1 aromatic heterocycles. The van der Waals surface area contributed by atoms with Crippen molar-refractivity contribution in [3.63, 3.8) is 0 Å². The number of anilines is 1. The number of amides is 1. The number of nitrogens with zero attached hydrogens (tertiary/aromatic N) is 1. The van der Waals surface area contributed by atoms with Crippen LogP contribution in [0.4, 0.5) is 5.82 Å². The number of methoxy groups -OCH3 is 1. The maximum Gasteiger partial charge on any atom is 0.273 e. The summed E-state index contributed by atoms with van der Waals surface area (Å²) in [4.78, 5) is 16.7. The molecule has 1 aliphatic carbocycles. The zero-order valence-electron chi connectivity index (χ0n) is 13.3. The summed E-state index contributed by atoms with van der Waals surface area (Å²) >= 11 is 0. The predicted molar refractivity (Wildman–Crippen MR) is 83.8 cm³/mol. The van der Waals surface area contributed by atoms with Gasteiger partial charge < -0.3 is 15.4 Å². The largest absolute Gasteiger partial charge is 0.494 e. The van der Waals surface area contributed by atoms with E-state index in [1.54, 1.807) is 13.2 Å². The molecule has 1 fully saturated rings. The third-order valence-electron chi connectivity index (χ3n) is 3.34. The molecule has 0 spiro atoms. The van der Waals surface area contributed by atoms with Gasteiger partial charge in [0.2, 0.25) is 0 Å². The number of pyridine rings is 1. The van der Waals surface area contributed by atoms with Crippen molar-refractivity contribution in [3.8, 4) is 5.75 Å². The average molecular weight is 291 g/mol. The van der Waals surface area contributed by atoms with Gasteiger partial charge in [-0.2, -0.15) is 0 Å². The topological polar surface area (TPSA) is 63.2 Å². The molecule has 0 radical (unpaired) electrons. The minimum absolute atomic E-state index is 0.0325. The first-order valence-corrected chi connectivity index (χ1v) is 7.46. The summed E-state index contributed by atoms with van der Waals surface area (Å²) in [5.74, 6) is 1.78. The normalized spacial score (nSPS) is 14.7. The van der Waals surface area contributed by atoms with E-state index in [9.17, 15) is 4.79 Å². The molecule has 0 bridgehead atoms. The molecule has 1 aromatic rings. The molecular weight excluding hydrogens is 266 g/mol. The quantitative estimate of drug-likeness (QED) is 0.846. The predicted octanol–water partition coefficient (Wildman–Crippen LogP) is 2.69. The van der Waals surface area contributed by atoms with Crippen LogP contribution in [-0.4, -0.2) is 31.1 Å². The van der Waals surface area contributed by atoms with Crippen LogP contribution in [0.2, 0.25) is 0 Å². The van der Waals surface area contributed by atoms with E-state index in [0.29, 0.717) is 18.0 Å². The second-order valence-electron chi connectivity index (χ2n) is 6.81. The lowest BCUT2D eigenvalue weighted by Gasteiger charge is -2.19. The van der Waals surface area contributed by atoms with E-state index in [0.717, 1.165) is 18.3 Å². The highest BCUT2D eigenvalue weighted by molar-refractivity contribution is 5.95. The fourth-order valence-electron chi connectivity index (χ4n) is 1.87. The maximum absolute atomic E-state index is 12.3. The molecule has 1 heterocycles. The Kier molecular flexibility index (Phi) is 4.70. The van der Waals surface area contributed by atoms with Gasteiger partial charge in [-0.25, -0.2) is 4.98 Å². The van der Waals surface area contributed by atoms with Crippen LogP contribution in [0.3, 0.4) is 0 Å². The molecule has 116 valence electrons. The fourth-order valence-corrected chi connectivity index (χ4v) is 1.87. The van der Waals surface area contributed by atoms with Gasteiger partial charge in [-0.3, -0.25) is 4.79 Å². The van der Waals surface area contributed by atoms with Gasteiger partial charge >= 0.3 is 0 Å². The highest BCUT2D eigenvalue weighted by Crippen LogP contribution is 2.29. The number of hydrogen-bond donors (Lipinski definition) is 2. The Morgan fingerprint density at radius 1 is 1.38 bits per heavy atom. The smallest absolute Gasteiger partial charge is 0.273 e. The van der Waals surface area contributed by atoms with Crippen LogP contribution in [0.5, 0.6) is 5.75 Å². The van der Waals surface area contributed by atoms with Gasteiger partial charge in [0.1, 0.15) is 11.6 Å². The van der Waals surface area contributed by atoms with E-state index < -0.39 is 0 Å². The molecule has 0 atom stereocenters. The summed E-state index contributed by atoms with van der Waals surface area (Å²) in [5.41, 5.74) is 0.368. The first kappa shape index (κ1) is 15.6. The summed E-state index contributed by atoms with van der Waals surface area (Å²) in [6.07, 6.45) is 2.56. The summed E-state index contributed by atoms with van der Waals surface area (Å²) in [7, 11) is 1.55. The van der Waals surface area contributed by atoms with Crippen molar-refractivity contribution in [1.29, 1.82) is 0 Å². The lowest BCUT2D eigenvalue weighted by molar-refractivity contribution is 0.0931. The van der Waals surface area contributed by atoms with Gasteiger partial charge in [-0.05, 0) is 36.3 Å². The van der Waals surface area contributed by atoms with Crippen molar-refractivity contribution in [3.05, 3.63) is 17.8 Å². The Morgan fingerprint density at radius 3 is 2.67 bits per heavy atom. The van der Waals surface area contributed by atoms with Crippen LogP contribution in [0.15, 0.2) is 12.1 Å². The molecule has 2 rings (SSSR count). The van der Waals surface area contributed by atoms with Gasteiger partial charge in [-0.15, -0.1) is 0 Å². The number of rotatable bonds is 6. The van der Waals surface area contributed by atoms with E-state index >= 15 is 0 Å². The van der Waals surface area contributed by atoms with Crippen molar-refractivity contribution in [2.75, 3.05) is 25.5 Å². The van der Waals surface area contributed by atoms with Crippen LogP contribution < -0.4 is 15.4 Å². The van der Waals surface area contributed by atoms with E-state index in [-0.39, 0.29) is 11.3 Å². The lowest BCUT2D eigenvalue weighted by atomic mass is 9.97. The van der Waals surface area contributed by atoms with Gasteiger partial charge in [0.05, 0.1) is 7.11 Å². The monoisotopic (exact) mass is 291 g/mol.